The van der Waals surface area contributed by atoms with Crippen molar-refractivity contribution in [2.75, 3.05) is 11.6 Å². The number of rotatable bonds is 4. The maximum atomic E-state index is 12.4. The van der Waals surface area contributed by atoms with Crippen LogP contribution in [0.4, 0.5) is 5.13 Å². The van der Waals surface area contributed by atoms with Crippen molar-refractivity contribution in [2.45, 2.75) is 4.90 Å². The summed E-state index contributed by atoms with van der Waals surface area (Å²) in [6, 6.07) is 9.72. The number of aromatic nitrogens is 2. The van der Waals surface area contributed by atoms with E-state index in [2.05, 4.69) is 15.3 Å². The highest BCUT2D eigenvalue weighted by Gasteiger charge is 2.19. The van der Waals surface area contributed by atoms with E-state index in [4.69, 9.17) is 0 Å². The second-order valence-corrected chi connectivity index (χ2v) is 7.84. The molecule has 2 aromatic heterocycles. The molecule has 0 bridgehead atoms. The van der Waals surface area contributed by atoms with Crippen molar-refractivity contribution in [2.24, 2.45) is 0 Å². The molecule has 122 valence electrons. The fourth-order valence-corrected chi connectivity index (χ4v) is 3.73. The molecule has 8 heteroatoms. The Morgan fingerprint density at radius 1 is 1.12 bits per heavy atom. The van der Waals surface area contributed by atoms with Gasteiger partial charge in [0.05, 0.1) is 16.2 Å². The number of nitrogens with zero attached hydrogens (tertiary/aromatic N) is 2. The van der Waals surface area contributed by atoms with Crippen molar-refractivity contribution in [3.05, 3.63) is 59.7 Å². The smallest absolute Gasteiger partial charge is 0.258 e. The van der Waals surface area contributed by atoms with Crippen LogP contribution < -0.4 is 5.32 Å². The van der Waals surface area contributed by atoms with Crippen molar-refractivity contribution in [1.82, 2.24) is 9.97 Å². The number of carbonyl (C=O) groups is 1. The van der Waals surface area contributed by atoms with Crippen LogP contribution in [0.3, 0.4) is 0 Å². The van der Waals surface area contributed by atoms with Crippen LogP contribution in [-0.2, 0) is 9.84 Å². The third-order valence-corrected chi connectivity index (χ3v) is 5.14. The van der Waals surface area contributed by atoms with Crippen LogP contribution in [0.2, 0.25) is 0 Å². The molecule has 0 saturated heterocycles. The van der Waals surface area contributed by atoms with Gasteiger partial charge in [0.1, 0.15) is 0 Å². The summed E-state index contributed by atoms with van der Waals surface area (Å²) in [5, 5.41) is 4.86. The average Bonchev–Trinajstić information content (AvgIpc) is 3.03. The predicted octanol–water partition coefficient (Wildman–Crippen LogP) is 2.86. The zero-order valence-corrected chi connectivity index (χ0v) is 14.3. The number of amides is 1. The molecule has 0 fully saturated rings. The molecule has 3 aromatic rings. The highest BCUT2D eigenvalue weighted by molar-refractivity contribution is 7.90. The number of sulfone groups is 1. The van der Waals surface area contributed by atoms with E-state index in [1.54, 1.807) is 24.5 Å². The summed E-state index contributed by atoms with van der Waals surface area (Å²) in [4.78, 5) is 20.7. The quantitative estimate of drug-likeness (QED) is 0.774. The third kappa shape index (κ3) is 3.50. The Hall–Kier alpha value is -2.58. The van der Waals surface area contributed by atoms with Crippen LogP contribution in [0.25, 0.3) is 11.3 Å². The van der Waals surface area contributed by atoms with Crippen molar-refractivity contribution in [3.8, 4) is 11.3 Å². The molecule has 0 radical (unpaired) electrons. The van der Waals surface area contributed by atoms with Crippen LogP contribution >= 0.6 is 11.3 Å². The number of nitrogens with one attached hydrogen (secondary N) is 1. The molecule has 6 nitrogen and oxygen atoms in total. The first-order valence-corrected chi connectivity index (χ1v) is 9.68. The lowest BCUT2D eigenvalue weighted by atomic mass is 10.2. The van der Waals surface area contributed by atoms with Gasteiger partial charge in [0.2, 0.25) is 0 Å². The fraction of sp³-hybridized carbons (Fsp3) is 0.0625. The maximum Gasteiger partial charge on any atom is 0.258 e. The monoisotopic (exact) mass is 359 g/mol. The van der Waals surface area contributed by atoms with E-state index in [1.807, 2.05) is 17.5 Å². The number of carbonyl (C=O) groups excluding carboxylic acids is 1. The summed E-state index contributed by atoms with van der Waals surface area (Å²) in [6.45, 7) is 0. The molecule has 0 saturated carbocycles. The predicted molar refractivity (Wildman–Crippen MR) is 92.9 cm³/mol. The molecule has 3 rings (SSSR count). The molecule has 0 spiro atoms. The zero-order chi connectivity index (χ0) is 17.2. The molecule has 1 amide bonds. The van der Waals surface area contributed by atoms with E-state index >= 15 is 0 Å². The Morgan fingerprint density at radius 3 is 2.54 bits per heavy atom. The minimum atomic E-state index is -3.49. The first-order chi connectivity index (χ1) is 11.4. The fourth-order valence-electron chi connectivity index (χ4n) is 2.13. The van der Waals surface area contributed by atoms with Gasteiger partial charge in [0, 0.05) is 29.6 Å². The molecule has 0 unspecified atom stereocenters. The van der Waals surface area contributed by atoms with Crippen molar-refractivity contribution >= 4 is 32.2 Å². The molecule has 1 N–H and O–H groups in total. The number of anilines is 1. The topological polar surface area (TPSA) is 89.0 Å². The van der Waals surface area contributed by atoms with Gasteiger partial charge in [-0.05, 0) is 24.3 Å². The van der Waals surface area contributed by atoms with E-state index in [1.165, 1.54) is 23.5 Å². The number of hydrogen-bond acceptors (Lipinski definition) is 6. The molecular weight excluding hydrogens is 346 g/mol. The largest absolute Gasteiger partial charge is 0.298 e. The Balaban J connectivity index is 1.86. The molecule has 2 heterocycles. The van der Waals surface area contributed by atoms with Gasteiger partial charge in [-0.2, -0.15) is 0 Å². The van der Waals surface area contributed by atoms with E-state index in [-0.39, 0.29) is 10.5 Å². The Morgan fingerprint density at radius 2 is 1.83 bits per heavy atom. The Bertz CT molecular complexity index is 983. The van der Waals surface area contributed by atoms with Crippen molar-refractivity contribution < 1.29 is 13.2 Å². The van der Waals surface area contributed by atoms with Gasteiger partial charge in [0.25, 0.3) is 5.91 Å². The maximum absolute atomic E-state index is 12.4. The average molecular weight is 359 g/mol. The zero-order valence-electron chi connectivity index (χ0n) is 12.6. The third-order valence-electron chi connectivity index (χ3n) is 3.23. The lowest BCUT2D eigenvalue weighted by Crippen LogP contribution is -2.15. The van der Waals surface area contributed by atoms with Gasteiger partial charge in [-0.15, -0.1) is 11.3 Å². The summed E-state index contributed by atoms with van der Waals surface area (Å²) in [5.74, 6) is -0.508. The van der Waals surface area contributed by atoms with E-state index in [9.17, 15) is 13.2 Å². The number of pyridine rings is 1. The van der Waals surface area contributed by atoms with Gasteiger partial charge >= 0.3 is 0 Å². The van der Waals surface area contributed by atoms with Crippen LogP contribution in [0.1, 0.15) is 10.4 Å². The van der Waals surface area contributed by atoms with Crippen molar-refractivity contribution in [1.29, 1.82) is 0 Å². The molecule has 0 atom stereocenters. The molecule has 24 heavy (non-hydrogen) atoms. The van der Waals surface area contributed by atoms with Crippen LogP contribution in [0.5, 0.6) is 0 Å². The molecule has 0 aliphatic carbocycles. The van der Waals surface area contributed by atoms with Crippen LogP contribution in [0.15, 0.2) is 59.1 Å². The van der Waals surface area contributed by atoms with Gasteiger partial charge in [-0.3, -0.25) is 15.1 Å². The minimum Gasteiger partial charge on any atom is -0.298 e. The molecule has 0 aliphatic heterocycles. The molecular formula is C16H13N3O3S2. The Labute approximate surface area is 143 Å². The van der Waals surface area contributed by atoms with Crippen molar-refractivity contribution in [3.63, 3.8) is 0 Å². The van der Waals surface area contributed by atoms with Gasteiger partial charge in [0.15, 0.2) is 15.0 Å². The summed E-state index contributed by atoms with van der Waals surface area (Å²) in [6.07, 6.45) is 4.40. The summed E-state index contributed by atoms with van der Waals surface area (Å²) < 4.78 is 23.6. The van der Waals surface area contributed by atoms with Crippen LogP contribution in [0, 0.1) is 0 Å². The second kappa shape index (κ2) is 6.50. The number of hydrogen-bond donors (Lipinski definition) is 1. The summed E-state index contributed by atoms with van der Waals surface area (Å²) in [5.41, 5.74) is 1.70. The highest BCUT2D eigenvalue weighted by Crippen LogP contribution is 2.25. The van der Waals surface area contributed by atoms with Gasteiger partial charge in [-0.25, -0.2) is 13.4 Å². The van der Waals surface area contributed by atoms with Gasteiger partial charge < -0.3 is 0 Å². The summed E-state index contributed by atoms with van der Waals surface area (Å²) in [7, 11) is -3.49. The van der Waals surface area contributed by atoms with E-state index in [0.29, 0.717) is 10.8 Å². The van der Waals surface area contributed by atoms with Crippen LogP contribution in [-0.4, -0.2) is 30.5 Å². The standard InChI is InChI=1S/C16H13N3O3S2/c1-24(21,22)14-5-3-2-4-12(14)15(20)19-16-18-13(10-23-16)11-6-8-17-9-7-11/h2-10H,1H3,(H,18,19,20). The van der Waals surface area contributed by atoms with E-state index in [0.717, 1.165) is 11.8 Å². The number of thiazole rings is 1. The SMILES string of the molecule is CS(=O)(=O)c1ccccc1C(=O)Nc1nc(-c2ccncc2)cs1. The first kappa shape index (κ1) is 16.3. The van der Waals surface area contributed by atoms with Gasteiger partial charge in [-0.1, -0.05) is 12.1 Å². The lowest BCUT2D eigenvalue weighted by molar-refractivity contribution is 0.102. The normalized spacial score (nSPS) is 11.2. The Kier molecular flexibility index (Phi) is 4.41. The summed E-state index contributed by atoms with van der Waals surface area (Å²) >= 11 is 1.27. The number of benzene rings is 1. The molecule has 0 aliphatic rings. The molecule has 1 aromatic carbocycles. The highest BCUT2D eigenvalue weighted by atomic mass is 32.2. The minimum absolute atomic E-state index is 0.00610. The first-order valence-electron chi connectivity index (χ1n) is 6.91. The van der Waals surface area contributed by atoms with E-state index < -0.39 is 15.7 Å². The second-order valence-electron chi connectivity index (χ2n) is 5.00. The lowest BCUT2D eigenvalue weighted by Gasteiger charge is -2.06.